The Kier molecular flexibility index (Phi) is 9.66. The first-order chi connectivity index (χ1) is 14.8. The molecule has 0 bridgehead atoms. The summed E-state index contributed by atoms with van der Waals surface area (Å²) in [6, 6.07) is 12.0. The van der Waals surface area contributed by atoms with Crippen molar-refractivity contribution in [3.63, 3.8) is 0 Å². The van der Waals surface area contributed by atoms with Gasteiger partial charge in [0.15, 0.2) is 6.61 Å². The molecular formula is C24H30Cl2N2O3. The molecule has 0 saturated carbocycles. The molecule has 5 nitrogen and oxygen atoms in total. The summed E-state index contributed by atoms with van der Waals surface area (Å²) < 4.78 is 5.77. The number of hydrogen-bond acceptors (Lipinski definition) is 3. The van der Waals surface area contributed by atoms with Crippen LogP contribution in [-0.2, 0) is 16.1 Å². The molecule has 2 amide bonds. The van der Waals surface area contributed by atoms with Gasteiger partial charge in [-0.1, -0.05) is 61.3 Å². The van der Waals surface area contributed by atoms with Crippen molar-refractivity contribution in [1.82, 2.24) is 10.2 Å². The fourth-order valence-corrected chi connectivity index (χ4v) is 3.60. The van der Waals surface area contributed by atoms with Crippen LogP contribution >= 0.6 is 23.2 Å². The predicted molar refractivity (Wildman–Crippen MR) is 126 cm³/mol. The molecule has 2 aromatic rings. The normalized spacial score (nSPS) is 12.7. The van der Waals surface area contributed by atoms with Gasteiger partial charge in [0.25, 0.3) is 5.91 Å². The van der Waals surface area contributed by atoms with Crippen LogP contribution in [0.5, 0.6) is 5.75 Å². The molecule has 1 N–H and O–H groups in total. The van der Waals surface area contributed by atoms with Gasteiger partial charge in [0.2, 0.25) is 5.91 Å². The molecule has 0 aromatic heterocycles. The van der Waals surface area contributed by atoms with Crippen molar-refractivity contribution in [2.75, 3.05) is 6.61 Å². The highest BCUT2D eigenvalue weighted by Crippen LogP contribution is 2.24. The number of nitrogens with one attached hydrogen (secondary N) is 1. The molecular weight excluding hydrogens is 435 g/mol. The fraction of sp³-hybridized carbons (Fsp3) is 0.417. The van der Waals surface area contributed by atoms with Crippen LogP contribution in [0.25, 0.3) is 0 Å². The minimum Gasteiger partial charge on any atom is -0.484 e. The maximum Gasteiger partial charge on any atom is 0.261 e. The third-order valence-electron chi connectivity index (χ3n) is 5.19. The van der Waals surface area contributed by atoms with Crippen molar-refractivity contribution >= 4 is 35.0 Å². The lowest BCUT2D eigenvalue weighted by atomic mass is 10.1. The first kappa shape index (κ1) is 25.0. The Bertz CT molecular complexity index is 904. The van der Waals surface area contributed by atoms with Crippen LogP contribution in [-0.4, -0.2) is 35.4 Å². The molecule has 2 atom stereocenters. The van der Waals surface area contributed by atoms with Gasteiger partial charge in [0, 0.05) is 22.6 Å². The van der Waals surface area contributed by atoms with Crippen molar-refractivity contribution in [2.45, 2.75) is 59.2 Å². The Hall–Kier alpha value is -2.24. The second-order valence-electron chi connectivity index (χ2n) is 7.55. The second-order valence-corrected chi connectivity index (χ2v) is 8.40. The first-order valence-corrected chi connectivity index (χ1v) is 11.2. The molecule has 0 aliphatic carbocycles. The van der Waals surface area contributed by atoms with E-state index in [0.29, 0.717) is 27.8 Å². The van der Waals surface area contributed by atoms with Crippen LogP contribution in [0, 0.1) is 6.92 Å². The van der Waals surface area contributed by atoms with Gasteiger partial charge < -0.3 is 15.0 Å². The Morgan fingerprint density at radius 3 is 2.42 bits per heavy atom. The highest BCUT2D eigenvalue weighted by atomic mass is 35.5. The molecule has 0 spiro atoms. The average Bonchev–Trinajstić information content (AvgIpc) is 2.74. The molecule has 2 aromatic carbocycles. The van der Waals surface area contributed by atoms with E-state index in [2.05, 4.69) is 5.32 Å². The third kappa shape index (κ3) is 7.15. The highest BCUT2D eigenvalue weighted by Gasteiger charge is 2.30. The van der Waals surface area contributed by atoms with Crippen molar-refractivity contribution < 1.29 is 14.3 Å². The van der Waals surface area contributed by atoms with Crippen LogP contribution in [0.1, 0.15) is 44.7 Å². The predicted octanol–water partition coefficient (Wildman–Crippen LogP) is 5.40. The number of hydrogen-bond donors (Lipinski definition) is 1. The molecule has 0 radical (unpaired) electrons. The van der Waals surface area contributed by atoms with Crippen molar-refractivity contribution in [3.05, 3.63) is 63.6 Å². The smallest absolute Gasteiger partial charge is 0.261 e. The molecule has 0 fully saturated rings. The van der Waals surface area contributed by atoms with E-state index in [1.54, 1.807) is 18.2 Å². The Morgan fingerprint density at radius 1 is 1.10 bits per heavy atom. The summed E-state index contributed by atoms with van der Waals surface area (Å²) in [7, 11) is 0. The number of para-hydroxylation sites is 1. The summed E-state index contributed by atoms with van der Waals surface area (Å²) in [5.74, 6) is 0.157. The van der Waals surface area contributed by atoms with E-state index in [1.807, 2.05) is 52.0 Å². The summed E-state index contributed by atoms with van der Waals surface area (Å²) >= 11 is 12.4. The van der Waals surface area contributed by atoms with Gasteiger partial charge >= 0.3 is 0 Å². The van der Waals surface area contributed by atoms with Gasteiger partial charge in [0.1, 0.15) is 11.8 Å². The number of rotatable bonds is 10. The average molecular weight is 465 g/mol. The molecule has 0 saturated heterocycles. The molecule has 0 heterocycles. The Labute approximate surface area is 194 Å². The second kappa shape index (κ2) is 12.0. The quantitative estimate of drug-likeness (QED) is 0.511. The minimum atomic E-state index is -0.645. The summed E-state index contributed by atoms with van der Waals surface area (Å²) in [6.07, 6.45) is 1.26. The summed E-state index contributed by atoms with van der Waals surface area (Å²) in [6.45, 7) is 7.74. The first-order valence-electron chi connectivity index (χ1n) is 10.5. The molecule has 0 aliphatic rings. The number of benzene rings is 2. The van der Waals surface area contributed by atoms with E-state index >= 15 is 0 Å². The molecule has 168 valence electrons. The van der Waals surface area contributed by atoms with E-state index in [4.69, 9.17) is 27.9 Å². The lowest BCUT2D eigenvalue weighted by Gasteiger charge is -2.31. The number of carbonyl (C=O) groups excluding carboxylic acids is 2. The number of aryl methyl sites for hydroxylation is 1. The van der Waals surface area contributed by atoms with Gasteiger partial charge in [0.05, 0.1) is 0 Å². The van der Waals surface area contributed by atoms with Crippen molar-refractivity contribution in [3.8, 4) is 5.75 Å². The molecule has 0 unspecified atom stereocenters. The maximum absolute atomic E-state index is 13.2. The van der Waals surface area contributed by atoms with Crippen molar-refractivity contribution in [1.29, 1.82) is 0 Å². The Morgan fingerprint density at radius 2 is 1.81 bits per heavy atom. The SMILES string of the molecule is CC[C@@H](C)NC(=O)[C@H](CC)N(Cc1ccc(Cl)cc1Cl)C(=O)COc1ccccc1C. The fourth-order valence-electron chi connectivity index (χ4n) is 3.13. The van der Waals surface area contributed by atoms with E-state index in [1.165, 1.54) is 4.90 Å². The lowest BCUT2D eigenvalue weighted by molar-refractivity contribution is -0.143. The van der Waals surface area contributed by atoms with Crippen LogP contribution in [0.2, 0.25) is 10.0 Å². The van der Waals surface area contributed by atoms with Crippen LogP contribution < -0.4 is 10.1 Å². The molecule has 0 aliphatic heterocycles. The number of nitrogens with zero attached hydrogens (tertiary/aromatic N) is 1. The topological polar surface area (TPSA) is 58.6 Å². The number of halogens is 2. The molecule has 31 heavy (non-hydrogen) atoms. The van der Waals surface area contributed by atoms with Gasteiger partial charge in [-0.2, -0.15) is 0 Å². The summed E-state index contributed by atoms with van der Waals surface area (Å²) in [4.78, 5) is 27.7. The number of carbonyl (C=O) groups is 2. The monoisotopic (exact) mass is 464 g/mol. The van der Waals surface area contributed by atoms with Crippen LogP contribution in [0.4, 0.5) is 0 Å². The zero-order chi connectivity index (χ0) is 23.0. The summed E-state index contributed by atoms with van der Waals surface area (Å²) in [5, 5.41) is 3.94. The van der Waals surface area contributed by atoms with Crippen LogP contribution in [0.15, 0.2) is 42.5 Å². The molecule has 7 heteroatoms. The van der Waals surface area contributed by atoms with Crippen molar-refractivity contribution in [2.24, 2.45) is 0 Å². The minimum absolute atomic E-state index is 0.0147. The molecule has 2 rings (SSSR count). The van der Waals surface area contributed by atoms with Gasteiger partial charge in [-0.05, 0) is 56.0 Å². The zero-order valence-electron chi connectivity index (χ0n) is 18.5. The van der Waals surface area contributed by atoms with E-state index in [-0.39, 0.29) is 31.0 Å². The van der Waals surface area contributed by atoms with Gasteiger partial charge in [-0.3, -0.25) is 9.59 Å². The highest BCUT2D eigenvalue weighted by molar-refractivity contribution is 6.35. The van der Waals surface area contributed by atoms with Gasteiger partial charge in [-0.25, -0.2) is 0 Å². The standard InChI is InChI=1S/C24H30Cl2N2O3/c1-5-17(4)27-24(30)21(6-2)28(14-18-11-12-19(25)13-20(18)26)23(29)15-31-22-10-8-7-9-16(22)3/h7-13,17,21H,5-6,14-15H2,1-4H3,(H,27,30)/t17-,21+/m1/s1. The Balaban J connectivity index is 2.27. The number of amides is 2. The van der Waals surface area contributed by atoms with E-state index in [0.717, 1.165) is 12.0 Å². The van der Waals surface area contributed by atoms with Gasteiger partial charge in [-0.15, -0.1) is 0 Å². The maximum atomic E-state index is 13.2. The van der Waals surface area contributed by atoms with Crippen LogP contribution in [0.3, 0.4) is 0 Å². The number of ether oxygens (including phenoxy) is 1. The largest absolute Gasteiger partial charge is 0.484 e. The summed E-state index contributed by atoms with van der Waals surface area (Å²) in [5.41, 5.74) is 1.65. The lowest BCUT2D eigenvalue weighted by Crippen LogP contribution is -2.51. The van der Waals surface area contributed by atoms with E-state index < -0.39 is 6.04 Å². The third-order valence-corrected chi connectivity index (χ3v) is 5.77. The van der Waals surface area contributed by atoms with E-state index in [9.17, 15) is 9.59 Å². The zero-order valence-corrected chi connectivity index (χ0v) is 20.0.